The summed E-state index contributed by atoms with van der Waals surface area (Å²) in [6.07, 6.45) is 1.51. The molecule has 0 atom stereocenters. The lowest BCUT2D eigenvalue weighted by Gasteiger charge is -2.14. The monoisotopic (exact) mass is 287 g/mol. The Kier molecular flexibility index (Phi) is 7.63. The van der Waals surface area contributed by atoms with Crippen molar-refractivity contribution in [2.24, 2.45) is 0 Å². The van der Waals surface area contributed by atoms with Crippen LogP contribution < -0.4 is 14.8 Å². The van der Waals surface area contributed by atoms with Gasteiger partial charge in [-0.3, -0.25) is 0 Å². The Balaban J connectivity index is 2.73. The lowest BCUT2D eigenvalue weighted by atomic mass is 10.2. The smallest absolute Gasteiger partial charge is 0.179 e. The van der Waals surface area contributed by atoms with E-state index in [9.17, 15) is 0 Å². The van der Waals surface area contributed by atoms with E-state index in [1.54, 1.807) is 7.11 Å². The molecule has 1 rings (SSSR count). The second-order valence-corrected chi connectivity index (χ2v) is 4.58. The van der Waals surface area contributed by atoms with Crippen molar-refractivity contribution in [2.75, 3.05) is 26.9 Å². The lowest BCUT2D eigenvalue weighted by molar-refractivity contribution is 0.247. The van der Waals surface area contributed by atoms with Gasteiger partial charge in [-0.05, 0) is 37.1 Å². The Bertz CT molecular complexity index is 385. The third-order valence-corrected chi connectivity index (χ3v) is 2.95. The van der Waals surface area contributed by atoms with Gasteiger partial charge in [-0.25, -0.2) is 0 Å². The first kappa shape index (κ1) is 16.1. The molecule has 0 fully saturated rings. The number of nitrogens with one attached hydrogen (secondary N) is 1. The highest BCUT2D eigenvalue weighted by Crippen LogP contribution is 2.36. The molecule has 1 aromatic rings. The molecule has 5 heteroatoms. The van der Waals surface area contributed by atoms with Gasteiger partial charge in [-0.1, -0.05) is 18.5 Å². The molecule has 0 heterocycles. The molecule has 1 aromatic carbocycles. The van der Waals surface area contributed by atoms with Crippen LogP contribution in [0.25, 0.3) is 0 Å². The summed E-state index contributed by atoms with van der Waals surface area (Å²) in [7, 11) is 1.60. The summed E-state index contributed by atoms with van der Waals surface area (Å²) in [6.45, 7) is 4.40. The normalized spacial score (nSPS) is 10.5. The summed E-state index contributed by atoms with van der Waals surface area (Å²) in [5.74, 6) is 1.21. The Morgan fingerprint density at radius 3 is 2.74 bits per heavy atom. The standard InChI is InChI=1S/C14H22ClNO3/c1-3-16-10-11-8-12(15)14(13(9-11)18-2)19-7-5-4-6-17/h8-9,16-17H,3-7,10H2,1-2H3. The summed E-state index contributed by atoms with van der Waals surface area (Å²) in [5.41, 5.74) is 1.06. The molecule has 0 amide bonds. The first-order valence-corrected chi connectivity index (χ1v) is 6.91. The first-order chi connectivity index (χ1) is 9.22. The van der Waals surface area contributed by atoms with Crippen LogP contribution in [0.4, 0.5) is 0 Å². The molecular formula is C14H22ClNO3. The van der Waals surface area contributed by atoms with E-state index in [4.69, 9.17) is 26.2 Å². The van der Waals surface area contributed by atoms with Gasteiger partial charge in [0.25, 0.3) is 0 Å². The lowest BCUT2D eigenvalue weighted by Crippen LogP contribution is -2.12. The number of unbranched alkanes of at least 4 members (excludes halogenated alkanes) is 1. The van der Waals surface area contributed by atoms with Gasteiger partial charge in [0.1, 0.15) is 0 Å². The average molecular weight is 288 g/mol. The van der Waals surface area contributed by atoms with E-state index in [1.807, 2.05) is 12.1 Å². The van der Waals surface area contributed by atoms with Gasteiger partial charge < -0.3 is 19.9 Å². The number of hydrogen-bond acceptors (Lipinski definition) is 4. The maximum atomic E-state index is 8.72. The highest BCUT2D eigenvalue weighted by atomic mass is 35.5. The van der Waals surface area contributed by atoms with E-state index < -0.39 is 0 Å². The van der Waals surface area contributed by atoms with Gasteiger partial charge in [-0.2, -0.15) is 0 Å². The number of benzene rings is 1. The summed E-state index contributed by atoms with van der Waals surface area (Å²) in [6, 6.07) is 3.81. The topological polar surface area (TPSA) is 50.7 Å². The molecule has 0 spiro atoms. The van der Waals surface area contributed by atoms with E-state index >= 15 is 0 Å². The Morgan fingerprint density at radius 2 is 2.11 bits per heavy atom. The highest BCUT2D eigenvalue weighted by molar-refractivity contribution is 6.32. The number of hydrogen-bond donors (Lipinski definition) is 2. The predicted octanol–water partition coefficient (Wildman–Crippen LogP) is 2.61. The van der Waals surface area contributed by atoms with Crippen LogP contribution >= 0.6 is 11.6 Å². The molecule has 0 aliphatic rings. The largest absolute Gasteiger partial charge is 0.493 e. The molecule has 0 bridgehead atoms. The fourth-order valence-electron chi connectivity index (χ4n) is 1.67. The molecule has 108 valence electrons. The fraction of sp³-hybridized carbons (Fsp3) is 0.571. The molecule has 0 aliphatic carbocycles. The Morgan fingerprint density at radius 1 is 1.32 bits per heavy atom. The van der Waals surface area contributed by atoms with Gasteiger partial charge in [0.15, 0.2) is 11.5 Å². The van der Waals surface area contributed by atoms with Crippen LogP contribution in [0.5, 0.6) is 11.5 Å². The molecule has 0 saturated heterocycles. The quantitative estimate of drug-likeness (QED) is 0.686. The second kappa shape index (κ2) is 9.02. The van der Waals surface area contributed by atoms with Crippen LogP contribution in [-0.2, 0) is 6.54 Å². The number of aliphatic hydroxyl groups excluding tert-OH is 1. The molecule has 0 aliphatic heterocycles. The number of halogens is 1. The van der Waals surface area contributed by atoms with Crippen molar-refractivity contribution in [1.29, 1.82) is 0 Å². The van der Waals surface area contributed by atoms with E-state index in [2.05, 4.69) is 12.2 Å². The summed E-state index contributed by atoms with van der Waals surface area (Å²) < 4.78 is 10.9. The van der Waals surface area contributed by atoms with E-state index in [-0.39, 0.29) is 6.61 Å². The van der Waals surface area contributed by atoms with Crippen molar-refractivity contribution in [1.82, 2.24) is 5.32 Å². The van der Waals surface area contributed by atoms with Crippen LogP contribution in [0.15, 0.2) is 12.1 Å². The summed E-state index contributed by atoms with van der Waals surface area (Å²) in [5, 5.41) is 12.5. The van der Waals surface area contributed by atoms with Gasteiger partial charge in [0.05, 0.1) is 18.7 Å². The van der Waals surface area contributed by atoms with Gasteiger partial charge in [0.2, 0.25) is 0 Å². The minimum absolute atomic E-state index is 0.176. The number of methoxy groups -OCH3 is 1. The van der Waals surface area contributed by atoms with Crippen molar-refractivity contribution >= 4 is 11.6 Å². The van der Waals surface area contributed by atoms with E-state index in [0.29, 0.717) is 23.1 Å². The highest BCUT2D eigenvalue weighted by Gasteiger charge is 2.11. The number of rotatable bonds is 9. The maximum Gasteiger partial charge on any atom is 0.179 e. The minimum atomic E-state index is 0.176. The van der Waals surface area contributed by atoms with Gasteiger partial charge >= 0.3 is 0 Å². The van der Waals surface area contributed by atoms with Crippen LogP contribution in [-0.4, -0.2) is 32.0 Å². The Hall–Kier alpha value is -0.970. The van der Waals surface area contributed by atoms with Crippen LogP contribution in [0.3, 0.4) is 0 Å². The predicted molar refractivity (Wildman–Crippen MR) is 77.2 cm³/mol. The first-order valence-electron chi connectivity index (χ1n) is 6.53. The fourth-order valence-corrected chi connectivity index (χ4v) is 1.96. The van der Waals surface area contributed by atoms with Crippen molar-refractivity contribution in [3.63, 3.8) is 0 Å². The molecule has 0 aromatic heterocycles. The molecule has 4 nitrogen and oxygen atoms in total. The van der Waals surface area contributed by atoms with Gasteiger partial charge in [-0.15, -0.1) is 0 Å². The van der Waals surface area contributed by atoms with Crippen LogP contribution in [0.2, 0.25) is 5.02 Å². The second-order valence-electron chi connectivity index (χ2n) is 4.17. The summed E-state index contributed by atoms with van der Waals surface area (Å²) in [4.78, 5) is 0. The number of ether oxygens (including phenoxy) is 2. The third-order valence-electron chi connectivity index (χ3n) is 2.67. The zero-order valence-electron chi connectivity index (χ0n) is 11.5. The zero-order valence-corrected chi connectivity index (χ0v) is 12.3. The van der Waals surface area contributed by atoms with E-state index in [0.717, 1.165) is 31.5 Å². The van der Waals surface area contributed by atoms with Crippen LogP contribution in [0.1, 0.15) is 25.3 Å². The molecule has 0 unspecified atom stereocenters. The maximum absolute atomic E-state index is 8.72. The third kappa shape index (κ3) is 5.27. The molecule has 0 radical (unpaired) electrons. The Labute approximate surface area is 119 Å². The molecule has 19 heavy (non-hydrogen) atoms. The molecule has 0 saturated carbocycles. The van der Waals surface area contributed by atoms with Crippen molar-refractivity contribution < 1.29 is 14.6 Å². The summed E-state index contributed by atoms with van der Waals surface area (Å²) >= 11 is 6.22. The van der Waals surface area contributed by atoms with E-state index in [1.165, 1.54) is 0 Å². The van der Waals surface area contributed by atoms with Crippen molar-refractivity contribution in [3.8, 4) is 11.5 Å². The SMILES string of the molecule is CCNCc1cc(Cl)c(OCCCCO)c(OC)c1. The molecular weight excluding hydrogens is 266 g/mol. The molecule has 2 N–H and O–H groups in total. The average Bonchev–Trinajstić information content (AvgIpc) is 2.42. The van der Waals surface area contributed by atoms with Crippen molar-refractivity contribution in [3.05, 3.63) is 22.7 Å². The number of aliphatic hydroxyl groups is 1. The van der Waals surface area contributed by atoms with Crippen molar-refractivity contribution in [2.45, 2.75) is 26.3 Å². The minimum Gasteiger partial charge on any atom is -0.493 e. The van der Waals surface area contributed by atoms with Gasteiger partial charge in [0, 0.05) is 13.2 Å². The zero-order chi connectivity index (χ0) is 14.1. The van der Waals surface area contributed by atoms with Crippen LogP contribution in [0, 0.1) is 0 Å².